The zero-order valence-corrected chi connectivity index (χ0v) is 16.1. The summed E-state index contributed by atoms with van der Waals surface area (Å²) in [5.41, 5.74) is 4.78. The van der Waals surface area contributed by atoms with E-state index >= 15 is 0 Å². The first-order valence-electron chi connectivity index (χ1n) is 9.82. The molecule has 0 saturated carbocycles. The summed E-state index contributed by atoms with van der Waals surface area (Å²) in [6, 6.07) is 7.76. The van der Waals surface area contributed by atoms with E-state index in [1.54, 1.807) is 12.1 Å². The molecular formula is C22H21N5O2. The third kappa shape index (κ3) is 2.84. The molecular weight excluding hydrogens is 366 g/mol. The number of benzene rings is 1. The topological polar surface area (TPSA) is 93.7 Å². The van der Waals surface area contributed by atoms with Gasteiger partial charge in [0.2, 0.25) is 0 Å². The molecule has 1 saturated heterocycles. The van der Waals surface area contributed by atoms with Gasteiger partial charge in [-0.15, -0.1) is 0 Å². The number of hydrogen-bond donors (Lipinski definition) is 2. The number of pyridine rings is 1. The Morgan fingerprint density at radius 2 is 2.14 bits per heavy atom. The van der Waals surface area contributed by atoms with E-state index in [0.29, 0.717) is 29.7 Å². The van der Waals surface area contributed by atoms with Crippen molar-refractivity contribution in [2.75, 3.05) is 19.6 Å². The van der Waals surface area contributed by atoms with Crippen molar-refractivity contribution in [3.63, 3.8) is 0 Å². The molecule has 0 radical (unpaired) electrons. The van der Waals surface area contributed by atoms with Gasteiger partial charge in [-0.05, 0) is 61.2 Å². The lowest BCUT2D eigenvalue weighted by molar-refractivity contribution is 0.0671. The Bertz CT molecular complexity index is 1180. The minimum atomic E-state index is -0.0950. The maximum atomic E-state index is 13.0. The van der Waals surface area contributed by atoms with Gasteiger partial charge in [0.1, 0.15) is 11.8 Å². The average Bonchev–Trinajstić information content (AvgIpc) is 3.35. The van der Waals surface area contributed by atoms with E-state index in [1.165, 1.54) is 0 Å². The number of carbonyl (C=O) groups excluding carboxylic acids is 1. The van der Waals surface area contributed by atoms with Crippen molar-refractivity contribution in [2.24, 2.45) is 0 Å². The van der Waals surface area contributed by atoms with Crippen molar-refractivity contribution in [3.8, 4) is 22.9 Å². The van der Waals surface area contributed by atoms with E-state index in [0.717, 1.165) is 41.9 Å². The molecule has 146 valence electrons. The molecule has 3 aromatic rings. The largest absolute Gasteiger partial charge is 0.507 e. The number of aryl methyl sites for hydroxylation is 1. The fraction of sp³-hybridized carbons (Fsp3) is 0.318. The number of nitrogens with one attached hydrogen (secondary N) is 1. The lowest BCUT2D eigenvalue weighted by atomic mass is 9.92. The minimum absolute atomic E-state index is 0.00132. The molecule has 5 rings (SSSR count). The molecule has 7 nitrogen and oxygen atoms in total. The van der Waals surface area contributed by atoms with Crippen LogP contribution in [0.2, 0.25) is 0 Å². The molecule has 2 aliphatic rings. The highest BCUT2D eigenvalue weighted by Crippen LogP contribution is 2.35. The van der Waals surface area contributed by atoms with Crippen LogP contribution in [0.3, 0.4) is 0 Å². The zero-order valence-electron chi connectivity index (χ0n) is 16.1. The van der Waals surface area contributed by atoms with Gasteiger partial charge in [-0.2, -0.15) is 5.26 Å². The van der Waals surface area contributed by atoms with Gasteiger partial charge in [0.05, 0.1) is 16.8 Å². The minimum Gasteiger partial charge on any atom is -0.507 e. The fourth-order valence-corrected chi connectivity index (χ4v) is 4.50. The number of hydrogen-bond acceptors (Lipinski definition) is 5. The van der Waals surface area contributed by atoms with Gasteiger partial charge in [-0.1, -0.05) is 0 Å². The Morgan fingerprint density at radius 1 is 1.28 bits per heavy atom. The number of carbonyl (C=O) groups is 1. The van der Waals surface area contributed by atoms with Gasteiger partial charge in [0.25, 0.3) is 5.91 Å². The van der Waals surface area contributed by atoms with Gasteiger partial charge in [-0.25, -0.2) is 4.98 Å². The fourth-order valence-electron chi connectivity index (χ4n) is 4.50. The van der Waals surface area contributed by atoms with Gasteiger partial charge < -0.3 is 19.7 Å². The van der Waals surface area contributed by atoms with Crippen LogP contribution in [0.15, 0.2) is 30.6 Å². The van der Waals surface area contributed by atoms with Crippen LogP contribution in [0.4, 0.5) is 0 Å². The van der Waals surface area contributed by atoms with E-state index in [1.807, 2.05) is 34.7 Å². The number of phenols is 1. The van der Waals surface area contributed by atoms with E-state index in [-0.39, 0.29) is 17.7 Å². The average molecular weight is 387 g/mol. The lowest BCUT2D eigenvalue weighted by Crippen LogP contribution is -2.45. The molecule has 7 heteroatoms. The van der Waals surface area contributed by atoms with Crippen LogP contribution in [0.25, 0.3) is 16.8 Å². The molecule has 0 bridgehead atoms. The summed E-state index contributed by atoms with van der Waals surface area (Å²) >= 11 is 0. The smallest absolute Gasteiger partial charge is 0.258 e. The molecule has 0 spiro atoms. The first kappa shape index (κ1) is 17.7. The highest BCUT2D eigenvalue weighted by molar-refractivity contribution is 6.00. The number of imidazole rings is 1. The van der Waals surface area contributed by atoms with Crippen LogP contribution in [0.5, 0.6) is 5.75 Å². The second kappa shape index (κ2) is 6.61. The van der Waals surface area contributed by atoms with E-state index in [9.17, 15) is 15.2 Å². The molecule has 4 heterocycles. The summed E-state index contributed by atoms with van der Waals surface area (Å²) < 4.78 is 1.83. The SMILES string of the molecule is Cc1cn2cc(-c3cc(O)c4c(c3)CCN(C3CCNC3)C4=O)cc(C#N)c2n1. The summed E-state index contributed by atoms with van der Waals surface area (Å²) in [6.07, 6.45) is 5.42. The van der Waals surface area contributed by atoms with Crippen molar-refractivity contribution in [2.45, 2.75) is 25.8 Å². The van der Waals surface area contributed by atoms with E-state index in [2.05, 4.69) is 16.4 Å². The first-order chi connectivity index (χ1) is 14.0. The molecule has 1 amide bonds. The molecule has 1 fully saturated rings. The van der Waals surface area contributed by atoms with Crippen LogP contribution < -0.4 is 5.32 Å². The summed E-state index contributed by atoms with van der Waals surface area (Å²) in [5.74, 6) is -0.0963. The normalized spacial score (nSPS) is 18.8. The predicted molar refractivity (Wildman–Crippen MR) is 108 cm³/mol. The Kier molecular flexibility index (Phi) is 4.03. The Hall–Kier alpha value is -3.37. The Labute approximate surface area is 168 Å². The summed E-state index contributed by atoms with van der Waals surface area (Å²) in [5, 5.41) is 23.5. The number of nitrogens with zero attached hydrogens (tertiary/aromatic N) is 4. The first-order valence-corrected chi connectivity index (χ1v) is 9.82. The van der Waals surface area contributed by atoms with Gasteiger partial charge in [0, 0.05) is 31.5 Å². The standard InChI is InChI=1S/C22H21N5O2/c1-13-11-26-12-17(7-16(9-23)21(26)25-13)15-6-14-3-5-27(18-2-4-24-10-18)22(29)20(14)19(28)8-15/h6-8,11-12,18,24,28H,2-5,10H2,1H3. The molecule has 2 aliphatic heterocycles. The molecule has 29 heavy (non-hydrogen) atoms. The third-order valence-corrected chi connectivity index (χ3v) is 5.90. The number of amides is 1. The van der Waals surface area contributed by atoms with Crippen LogP contribution in [-0.4, -0.2) is 51.0 Å². The molecule has 1 atom stereocenters. The van der Waals surface area contributed by atoms with Crippen LogP contribution in [-0.2, 0) is 6.42 Å². The Morgan fingerprint density at radius 3 is 2.90 bits per heavy atom. The molecule has 2 aromatic heterocycles. The van der Waals surface area contributed by atoms with Crippen LogP contribution in [0, 0.1) is 18.3 Å². The monoisotopic (exact) mass is 387 g/mol. The summed E-state index contributed by atoms with van der Waals surface area (Å²) in [4.78, 5) is 19.3. The van der Waals surface area contributed by atoms with Gasteiger partial charge in [-0.3, -0.25) is 4.79 Å². The third-order valence-electron chi connectivity index (χ3n) is 5.90. The molecule has 1 aromatic carbocycles. The number of phenolic OH excluding ortho intramolecular Hbond substituents is 1. The molecule has 0 aliphatic carbocycles. The number of aromatic hydroxyl groups is 1. The van der Waals surface area contributed by atoms with E-state index in [4.69, 9.17) is 0 Å². The maximum absolute atomic E-state index is 13.0. The van der Waals surface area contributed by atoms with Gasteiger partial charge in [0.15, 0.2) is 5.65 Å². The number of nitriles is 1. The number of aromatic nitrogens is 2. The quantitative estimate of drug-likeness (QED) is 0.703. The predicted octanol–water partition coefficient (Wildman–Crippen LogP) is 2.25. The number of rotatable bonds is 2. The second-order valence-electron chi connectivity index (χ2n) is 7.79. The Balaban J connectivity index is 1.57. The zero-order chi connectivity index (χ0) is 20.1. The van der Waals surface area contributed by atoms with Crippen LogP contribution >= 0.6 is 0 Å². The van der Waals surface area contributed by atoms with Crippen molar-refractivity contribution >= 4 is 11.6 Å². The van der Waals surface area contributed by atoms with Crippen molar-refractivity contribution in [3.05, 3.63) is 53.0 Å². The molecule has 1 unspecified atom stereocenters. The van der Waals surface area contributed by atoms with Crippen molar-refractivity contribution in [1.29, 1.82) is 5.26 Å². The number of fused-ring (bicyclic) bond motifs is 2. The van der Waals surface area contributed by atoms with Gasteiger partial charge >= 0.3 is 0 Å². The lowest BCUT2D eigenvalue weighted by Gasteiger charge is -2.33. The van der Waals surface area contributed by atoms with Crippen molar-refractivity contribution < 1.29 is 9.90 Å². The summed E-state index contributed by atoms with van der Waals surface area (Å²) in [6.45, 7) is 4.27. The highest BCUT2D eigenvalue weighted by Gasteiger charge is 2.33. The summed E-state index contributed by atoms with van der Waals surface area (Å²) in [7, 11) is 0. The van der Waals surface area contributed by atoms with Crippen molar-refractivity contribution in [1.82, 2.24) is 19.6 Å². The second-order valence-corrected chi connectivity index (χ2v) is 7.79. The van der Waals surface area contributed by atoms with Crippen LogP contribution in [0.1, 0.15) is 33.6 Å². The van der Waals surface area contributed by atoms with E-state index < -0.39 is 0 Å². The maximum Gasteiger partial charge on any atom is 0.258 e. The highest BCUT2D eigenvalue weighted by atomic mass is 16.3. The molecule has 2 N–H and O–H groups in total.